The van der Waals surface area contributed by atoms with Crippen molar-refractivity contribution in [1.82, 2.24) is 9.97 Å². The molecule has 0 aliphatic rings. The molecule has 6 rings (SSSR count). The number of carboxylic acid groups (broad SMARTS) is 2. The van der Waals surface area contributed by atoms with Crippen LogP contribution in [0.1, 0.15) is 31.8 Å². The van der Waals surface area contributed by atoms with Gasteiger partial charge in [0.25, 0.3) is 0 Å². The SMILES string of the molecule is O=C(O)c1cc2ccccc2oc1=O.O=C(O)c1cc2ccccc2oc1=O.c1cc(CCc2ccncc2)ccn1. The molecule has 0 bridgehead atoms. The first-order valence-electron chi connectivity index (χ1n) is 12.6. The number of fused-ring (bicyclic) bond motifs is 2. The number of para-hydroxylation sites is 2. The van der Waals surface area contributed by atoms with Gasteiger partial charge in [0.1, 0.15) is 22.3 Å². The number of benzene rings is 2. The molecule has 10 nitrogen and oxygen atoms in total. The van der Waals surface area contributed by atoms with Crippen LogP contribution in [0.3, 0.4) is 0 Å². The third-order valence-corrected chi connectivity index (χ3v) is 5.94. The van der Waals surface area contributed by atoms with Crippen LogP contribution < -0.4 is 11.3 Å². The number of aryl methyl sites for hydroxylation is 2. The van der Waals surface area contributed by atoms with E-state index in [0.29, 0.717) is 21.9 Å². The molecule has 42 heavy (non-hydrogen) atoms. The van der Waals surface area contributed by atoms with Gasteiger partial charge in [0.15, 0.2) is 0 Å². The predicted octanol–water partition coefficient (Wildman–Crippen LogP) is 5.24. The number of aromatic carboxylic acids is 2. The molecule has 0 saturated carbocycles. The fraction of sp³-hybridized carbons (Fsp3) is 0.0625. The topological polar surface area (TPSA) is 161 Å². The van der Waals surface area contributed by atoms with Gasteiger partial charge < -0.3 is 19.0 Å². The Morgan fingerprint density at radius 2 is 0.929 bits per heavy atom. The van der Waals surface area contributed by atoms with E-state index in [1.807, 2.05) is 24.8 Å². The zero-order chi connectivity index (χ0) is 29.9. The van der Waals surface area contributed by atoms with Gasteiger partial charge in [-0.15, -0.1) is 0 Å². The Morgan fingerprint density at radius 3 is 1.29 bits per heavy atom. The number of carbonyl (C=O) groups is 2. The van der Waals surface area contributed by atoms with Crippen LogP contribution in [0.4, 0.5) is 0 Å². The fourth-order valence-corrected chi connectivity index (χ4v) is 3.81. The number of hydrogen-bond acceptors (Lipinski definition) is 8. The minimum atomic E-state index is -1.27. The van der Waals surface area contributed by atoms with E-state index in [-0.39, 0.29) is 11.1 Å². The second kappa shape index (κ2) is 13.9. The van der Waals surface area contributed by atoms with Gasteiger partial charge in [-0.2, -0.15) is 0 Å². The van der Waals surface area contributed by atoms with Gasteiger partial charge in [-0.25, -0.2) is 19.2 Å². The molecule has 4 aromatic heterocycles. The van der Waals surface area contributed by atoms with Crippen LogP contribution in [-0.2, 0) is 12.8 Å². The highest BCUT2D eigenvalue weighted by molar-refractivity contribution is 5.92. The average molecular weight is 565 g/mol. The van der Waals surface area contributed by atoms with Crippen LogP contribution in [0.5, 0.6) is 0 Å². The highest BCUT2D eigenvalue weighted by Gasteiger charge is 2.12. The Morgan fingerprint density at radius 1 is 0.571 bits per heavy atom. The number of aromatic nitrogens is 2. The second-order valence-electron chi connectivity index (χ2n) is 8.79. The molecule has 10 heteroatoms. The van der Waals surface area contributed by atoms with E-state index in [9.17, 15) is 19.2 Å². The molecule has 0 radical (unpaired) electrons. The van der Waals surface area contributed by atoms with Crippen molar-refractivity contribution in [2.45, 2.75) is 12.8 Å². The van der Waals surface area contributed by atoms with Gasteiger partial charge >= 0.3 is 23.2 Å². The molecule has 6 aromatic rings. The van der Waals surface area contributed by atoms with Gasteiger partial charge in [-0.3, -0.25) is 9.97 Å². The van der Waals surface area contributed by atoms with Crippen molar-refractivity contribution < 1.29 is 28.6 Å². The molecule has 0 atom stereocenters. The number of nitrogens with zero attached hydrogens (tertiary/aromatic N) is 2. The maximum atomic E-state index is 11.1. The quantitative estimate of drug-likeness (QED) is 0.265. The lowest BCUT2D eigenvalue weighted by Gasteiger charge is -2.00. The molecule has 4 heterocycles. The molecular weight excluding hydrogens is 540 g/mol. The van der Waals surface area contributed by atoms with Crippen LogP contribution in [-0.4, -0.2) is 32.1 Å². The Balaban J connectivity index is 0.000000145. The third kappa shape index (κ3) is 7.82. The van der Waals surface area contributed by atoms with E-state index in [0.717, 1.165) is 12.8 Å². The lowest BCUT2D eigenvalue weighted by molar-refractivity contribution is 0.0681. The largest absolute Gasteiger partial charge is 0.477 e. The lowest BCUT2D eigenvalue weighted by Crippen LogP contribution is -2.12. The number of hydrogen-bond donors (Lipinski definition) is 2. The van der Waals surface area contributed by atoms with E-state index in [4.69, 9.17) is 19.0 Å². The third-order valence-electron chi connectivity index (χ3n) is 5.94. The Labute approximate surface area is 238 Å². The van der Waals surface area contributed by atoms with Crippen LogP contribution in [0.2, 0.25) is 0 Å². The predicted molar refractivity (Wildman–Crippen MR) is 155 cm³/mol. The van der Waals surface area contributed by atoms with Crippen LogP contribution in [0.25, 0.3) is 21.9 Å². The van der Waals surface area contributed by atoms with E-state index in [1.54, 1.807) is 48.5 Å². The van der Waals surface area contributed by atoms with Gasteiger partial charge in [0, 0.05) is 35.6 Å². The van der Waals surface area contributed by atoms with Crippen LogP contribution >= 0.6 is 0 Å². The van der Waals surface area contributed by atoms with Crippen molar-refractivity contribution in [3.8, 4) is 0 Å². The summed E-state index contributed by atoms with van der Waals surface area (Å²) < 4.78 is 9.64. The molecule has 0 aliphatic heterocycles. The first-order chi connectivity index (χ1) is 20.3. The zero-order valence-corrected chi connectivity index (χ0v) is 22.0. The normalized spacial score (nSPS) is 10.2. The van der Waals surface area contributed by atoms with Crippen molar-refractivity contribution >= 4 is 33.9 Å². The molecule has 0 amide bonds. The highest BCUT2D eigenvalue weighted by atomic mass is 16.4. The van der Waals surface area contributed by atoms with E-state index >= 15 is 0 Å². The zero-order valence-electron chi connectivity index (χ0n) is 22.0. The fourth-order valence-electron chi connectivity index (χ4n) is 3.81. The minimum Gasteiger partial charge on any atom is -0.477 e. The summed E-state index contributed by atoms with van der Waals surface area (Å²) in [6.07, 6.45) is 9.46. The van der Waals surface area contributed by atoms with Crippen LogP contribution in [0, 0.1) is 0 Å². The molecule has 0 spiro atoms. The van der Waals surface area contributed by atoms with E-state index in [2.05, 4.69) is 34.2 Å². The molecule has 0 saturated heterocycles. The van der Waals surface area contributed by atoms with E-state index in [1.165, 1.54) is 23.3 Å². The highest BCUT2D eigenvalue weighted by Crippen LogP contribution is 2.13. The van der Waals surface area contributed by atoms with Crippen molar-refractivity contribution in [1.29, 1.82) is 0 Å². The summed E-state index contributed by atoms with van der Waals surface area (Å²) in [6, 6.07) is 24.4. The Hall–Kier alpha value is -5.90. The minimum absolute atomic E-state index is 0.344. The molecule has 2 N–H and O–H groups in total. The van der Waals surface area contributed by atoms with Crippen LogP contribution in [0.15, 0.2) is 128 Å². The van der Waals surface area contributed by atoms with Crippen molar-refractivity contribution in [2.24, 2.45) is 0 Å². The molecule has 0 aliphatic carbocycles. The summed E-state index contributed by atoms with van der Waals surface area (Å²) in [5, 5.41) is 18.5. The molecule has 210 valence electrons. The first kappa shape index (κ1) is 29.1. The summed E-state index contributed by atoms with van der Waals surface area (Å²) >= 11 is 0. The summed E-state index contributed by atoms with van der Waals surface area (Å²) in [5.74, 6) is -2.55. The van der Waals surface area contributed by atoms with Gasteiger partial charge in [-0.1, -0.05) is 36.4 Å². The van der Waals surface area contributed by atoms with E-state index < -0.39 is 23.2 Å². The summed E-state index contributed by atoms with van der Waals surface area (Å²) in [5.41, 5.74) is 1.11. The lowest BCUT2D eigenvalue weighted by atomic mass is 10.1. The monoisotopic (exact) mass is 564 g/mol. The molecule has 0 fully saturated rings. The van der Waals surface area contributed by atoms with Gasteiger partial charge in [-0.05, 0) is 72.5 Å². The molecule has 2 aromatic carbocycles. The maximum absolute atomic E-state index is 11.1. The molecular formula is C32H24N2O8. The van der Waals surface area contributed by atoms with Gasteiger partial charge in [0.05, 0.1) is 0 Å². The van der Waals surface area contributed by atoms with Crippen molar-refractivity contribution in [3.63, 3.8) is 0 Å². The number of rotatable bonds is 5. The standard InChI is InChI=1S/C12H12N2.2C10H6O4/c1(11-3-7-13-8-4-11)2-12-5-9-14-10-6-12;2*11-9(12)7-5-6-3-1-2-4-8(6)14-10(7)13/h3-10H,1-2H2;2*1-5H,(H,11,12). The van der Waals surface area contributed by atoms with Crippen molar-refractivity contribution in [2.75, 3.05) is 0 Å². The first-order valence-corrected chi connectivity index (χ1v) is 12.6. The van der Waals surface area contributed by atoms with Gasteiger partial charge in [0.2, 0.25) is 0 Å². The summed E-state index contributed by atoms with van der Waals surface area (Å²) in [4.78, 5) is 51.4. The van der Waals surface area contributed by atoms with Crippen molar-refractivity contribution in [3.05, 3.63) is 153 Å². The number of carboxylic acids is 2. The smallest absolute Gasteiger partial charge is 0.351 e. The Kier molecular flexibility index (Phi) is 9.66. The average Bonchev–Trinajstić information content (AvgIpc) is 3.01. The summed E-state index contributed by atoms with van der Waals surface area (Å²) in [7, 11) is 0. The summed E-state index contributed by atoms with van der Waals surface area (Å²) in [6.45, 7) is 0. The second-order valence-corrected chi connectivity index (χ2v) is 8.79. The molecule has 0 unspecified atom stereocenters. The maximum Gasteiger partial charge on any atom is 0.351 e. The number of pyridine rings is 2. The Bertz CT molecular complexity index is 1790.